The van der Waals surface area contributed by atoms with Crippen molar-refractivity contribution in [2.75, 3.05) is 0 Å². The average Bonchev–Trinajstić information content (AvgIpc) is 3.05. The molecule has 2 heterocycles. The van der Waals surface area contributed by atoms with E-state index in [1.54, 1.807) is 19.9 Å². The molecule has 0 aromatic carbocycles. The van der Waals surface area contributed by atoms with Crippen LogP contribution in [0.3, 0.4) is 0 Å². The highest BCUT2D eigenvalue weighted by atomic mass is 16.7. The topological polar surface area (TPSA) is 109 Å². The van der Waals surface area contributed by atoms with E-state index in [0.29, 0.717) is 5.57 Å². The van der Waals surface area contributed by atoms with Gasteiger partial charge in [0.25, 0.3) is 0 Å². The molecule has 0 N–H and O–H groups in total. The standard InChI is InChI=1S/C22H26O8/c1-9-7-13(24)15-10(2)8-14(27-19(25)21(5)11(3)29-21)17-18(16(9)15)28-20(26)22(17,6)30-12(4)23/h7,11,14,16-18H,8H2,1-6H3/t11?,14-,16+,17+,18-,21?,22-/m0/s1. The SMILES string of the molecule is CC(=O)O[C@]1(C)C(=O)O[C@H]2[C@@H]3C(C)=CC(=O)C3=C(C)C[C@H](OC(=O)C3(C)OC3C)[C@H]21. The number of hydrogen-bond acceptors (Lipinski definition) is 8. The Morgan fingerprint density at radius 2 is 1.83 bits per heavy atom. The molecule has 162 valence electrons. The van der Waals surface area contributed by atoms with Crippen molar-refractivity contribution in [3.05, 3.63) is 22.8 Å². The van der Waals surface area contributed by atoms with E-state index in [0.717, 1.165) is 11.1 Å². The molecule has 0 spiro atoms. The van der Waals surface area contributed by atoms with Gasteiger partial charge < -0.3 is 18.9 Å². The Bertz CT molecular complexity index is 929. The van der Waals surface area contributed by atoms with Gasteiger partial charge >= 0.3 is 17.9 Å². The number of epoxide rings is 1. The van der Waals surface area contributed by atoms with Crippen molar-refractivity contribution in [3.8, 4) is 0 Å². The largest absolute Gasteiger partial charge is 0.459 e. The van der Waals surface area contributed by atoms with Crippen molar-refractivity contribution >= 4 is 23.7 Å². The number of rotatable bonds is 3. The highest BCUT2D eigenvalue weighted by molar-refractivity contribution is 6.09. The van der Waals surface area contributed by atoms with Gasteiger partial charge in [0.15, 0.2) is 11.4 Å². The van der Waals surface area contributed by atoms with Crippen molar-refractivity contribution in [1.82, 2.24) is 0 Å². The van der Waals surface area contributed by atoms with Crippen LogP contribution in [0.2, 0.25) is 0 Å². The lowest BCUT2D eigenvalue weighted by atomic mass is 9.77. The van der Waals surface area contributed by atoms with Crippen LogP contribution in [0.1, 0.15) is 48.0 Å². The number of carbonyl (C=O) groups excluding carboxylic acids is 4. The number of carbonyl (C=O) groups is 4. The summed E-state index contributed by atoms with van der Waals surface area (Å²) in [7, 11) is 0. The maximum Gasteiger partial charge on any atom is 0.351 e. The maximum atomic E-state index is 12.9. The first kappa shape index (κ1) is 20.8. The summed E-state index contributed by atoms with van der Waals surface area (Å²) in [5, 5.41) is 0. The van der Waals surface area contributed by atoms with E-state index in [2.05, 4.69) is 0 Å². The van der Waals surface area contributed by atoms with Crippen LogP contribution in [0.5, 0.6) is 0 Å². The monoisotopic (exact) mass is 418 g/mol. The smallest absolute Gasteiger partial charge is 0.351 e. The second kappa shape index (κ2) is 6.51. The predicted molar refractivity (Wildman–Crippen MR) is 102 cm³/mol. The molecule has 4 rings (SSSR count). The van der Waals surface area contributed by atoms with Gasteiger partial charge in [-0.15, -0.1) is 0 Å². The van der Waals surface area contributed by atoms with Gasteiger partial charge in [0.1, 0.15) is 12.2 Å². The van der Waals surface area contributed by atoms with E-state index in [1.165, 1.54) is 13.8 Å². The molecule has 30 heavy (non-hydrogen) atoms. The molecule has 2 saturated heterocycles. The van der Waals surface area contributed by atoms with E-state index >= 15 is 0 Å². The number of ketones is 1. The molecule has 0 bridgehead atoms. The summed E-state index contributed by atoms with van der Waals surface area (Å²) >= 11 is 0. The molecule has 8 heteroatoms. The van der Waals surface area contributed by atoms with E-state index in [1.807, 2.05) is 13.8 Å². The quantitative estimate of drug-likeness (QED) is 0.388. The first-order valence-electron chi connectivity index (χ1n) is 10.1. The van der Waals surface area contributed by atoms with Crippen LogP contribution < -0.4 is 0 Å². The molecular weight excluding hydrogens is 392 g/mol. The molecule has 0 saturated carbocycles. The third kappa shape index (κ3) is 2.84. The summed E-state index contributed by atoms with van der Waals surface area (Å²) in [4.78, 5) is 50.2. The first-order chi connectivity index (χ1) is 13.9. The summed E-state index contributed by atoms with van der Waals surface area (Å²) in [6.45, 7) is 9.73. The molecule has 0 aromatic rings. The second-order valence-electron chi connectivity index (χ2n) is 9.04. The number of hydrogen-bond donors (Lipinski definition) is 0. The Hall–Kier alpha value is -2.48. The van der Waals surface area contributed by atoms with Gasteiger partial charge in [-0.1, -0.05) is 11.1 Å². The minimum atomic E-state index is -1.64. The molecule has 0 aromatic heterocycles. The highest BCUT2D eigenvalue weighted by Gasteiger charge is 2.66. The van der Waals surface area contributed by atoms with Gasteiger partial charge in [0.2, 0.25) is 5.60 Å². The fourth-order valence-corrected chi connectivity index (χ4v) is 5.12. The molecule has 0 radical (unpaired) electrons. The van der Waals surface area contributed by atoms with E-state index in [4.69, 9.17) is 18.9 Å². The fourth-order valence-electron chi connectivity index (χ4n) is 5.12. The summed E-state index contributed by atoms with van der Waals surface area (Å²) in [6, 6.07) is 0. The number of ether oxygens (including phenoxy) is 4. The summed E-state index contributed by atoms with van der Waals surface area (Å²) in [5.41, 5.74) is -0.599. The third-order valence-electron chi connectivity index (χ3n) is 6.92. The Morgan fingerprint density at radius 1 is 1.20 bits per heavy atom. The zero-order valence-electron chi connectivity index (χ0n) is 17.9. The molecule has 2 aliphatic carbocycles. The molecule has 8 nitrogen and oxygen atoms in total. The normalized spacial score (nSPS) is 42.1. The number of fused-ring (bicyclic) bond motifs is 3. The fraction of sp³-hybridized carbons (Fsp3) is 0.636. The van der Waals surface area contributed by atoms with Crippen LogP contribution in [-0.4, -0.2) is 53.2 Å². The van der Waals surface area contributed by atoms with Gasteiger partial charge in [-0.05, 0) is 40.7 Å². The van der Waals surface area contributed by atoms with Gasteiger partial charge in [0.05, 0.1) is 12.0 Å². The van der Waals surface area contributed by atoms with Gasteiger partial charge in [-0.25, -0.2) is 9.59 Å². The lowest BCUT2D eigenvalue weighted by Crippen LogP contribution is -2.51. The van der Waals surface area contributed by atoms with E-state index < -0.39 is 53.2 Å². The second-order valence-corrected chi connectivity index (χ2v) is 9.04. The summed E-state index contributed by atoms with van der Waals surface area (Å²) in [5.74, 6) is -3.27. The van der Waals surface area contributed by atoms with E-state index in [9.17, 15) is 19.2 Å². The molecule has 2 fully saturated rings. The number of allylic oxidation sites excluding steroid dienone is 1. The zero-order valence-corrected chi connectivity index (χ0v) is 17.9. The first-order valence-corrected chi connectivity index (χ1v) is 10.1. The predicted octanol–water partition coefficient (Wildman–Crippen LogP) is 1.80. The van der Waals surface area contributed by atoms with Crippen LogP contribution in [0.15, 0.2) is 22.8 Å². The van der Waals surface area contributed by atoms with E-state index in [-0.39, 0.29) is 18.3 Å². The zero-order chi connectivity index (χ0) is 22.2. The molecule has 2 aliphatic heterocycles. The molecule has 2 unspecified atom stereocenters. The Morgan fingerprint density at radius 3 is 2.40 bits per heavy atom. The van der Waals surface area contributed by atoms with Crippen molar-refractivity contribution in [2.45, 2.75) is 77.5 Å². The van der Waals surface area contributed by atoms with Crippen molar-refractivity contribution in [2.24, 2.45) is 11.8 Å². The number of esters is 3. The molecule has 7 atom stereocenters. The maximum absolute atomic E-state index is 12.9. The van der Waals surface area contributed by atoms with Crippen LogP contribution >= 0.6 is 0 Å². The minimum Gasteiger partial charge on any atom is -0.459 e. The van der Waals surface area contributed by atoms with Crippen LogP contribution in [-0.2, 0) is 38.1 Å². The van der Waals surface area contributed by atoms with Gasteiger partial charge in [-0.3, -0.25) is 9.59 Å². The third-order valence-corrected chi connectivity index (χ3v) is 6.92. The van der Waals surface area contributed by atoms with Gasteiger partial charge in [-0.2, -0.15) is 0 Å². The summed E-state index contributed by atoms with van der Waals surface area (Å²) in [6.07, 6.45) is -0.129. The molecule has 0 amide bonds. The Kier molecular flexibility index (Phi) is 4.51. The lowest BCUT2D eigenvalue weighted by Gasteiger charge is -2.34. The van der Waals surface area contributed by atoms with Crippen LogP contribution in [0.25, 0.3) is 0 Å². The Balaban J connectivity index is 1.78. The molecular formula is C22H26O8. The lowest BCUT2D eigenvalue weighted by molar-refractivity contribution is -0.178. The average molecular weight is 418 g/mol. The van der Waals surface area contributed by atoms with Crippen molar-refractivity contribution < 1.29 is 38.1 Å². The van der Waals surface area contributed by atoms with Crippen LogP contribution in [0, 0.1) is 11.8 Å². The molecule has 4 aliphatic rings. The van der Waals surface area contributed by atoms with Gasteiger partial charge in [0, 0.05) is 24.8 Å². The Labute approximate surface area is 174 Å². The van der Waals surface area contributed by atoms with Crippen molar-refractivity contribution in [3.63, 3.8) is 0 Å². The minimum absolute atomic E-state index is 0.135. The van der Waals surface area contributed by atoms with Crippen molar-refractivity contribution in [1.29, 1.82) is 0 Å². The van der Waals surface area contributed by atoms with Crippen LogP contribution in [0.4, 0.5) is 0 Å². The summed E-state index contributed by atoms with van der Waals surface area (Å²) < 4.78 is 22.4. The highest BCUT2D eigenvalue weighted by Crippen LogP contribution is 2.51.